The van der Waals surface area contributed by atoms with E-state index in [-0.39, 0.29) is 10.8 Å². The Morgan fingerprint density at radius 3 is 1.23 bits per heavy atom. The molecule has 3 saturated carbocycles. The summed E-state index contributed by atoms with van der Waals surface area (Å²) < 4.78 is 0. The zero-order valence-corrected chi connectivity index (χ0v) is 34.7. The molecule has 0 N–H and O–H groups in total. The van der Waals surface area contributed by atoms with Gasteiger partial charge in [-0.25, -0.2) is 0 Å². The van der Waals surface area contributed by atoms with Crippen molar-refractivity contribution in [2.24, 2.45) is 17.3 Å². The summed E-state index contributed by atoms with van der Waals surface area (Å²) in [5.74, 6) is 1.73. The lowest BCUT2D eigenvalue weighted by atomic mass is 9.50. The average Bonchev–Trinajstić information content (AvgIpc) is 3.71. The molecule has 4 aliphatic rings. The molecule has 4 atom stereocenters. The van der Waals surface area contributed by atoms with Gasteiger partial charge in [-0.05, 0) is 176 Å². The van der Waals surface area contributed by atoms with Crippen LogP contribution in [0.1, 0.15) is 161 Å². The van der Waals surface area contributed by atoms with Gasteiger partial charge in [0, 0.05) is 10.8 Å². The van der Waals surface area contributed by atoms with Gasteiger partial charge in [0.1, 0.15) is 0 Å². The Bertz CT molecular complexity index is 1810. The van der Waals surface area contributed by atoms with Gasteiger partial charge in [0.15, 0.2) is 0 Å². The molecule has 8 rings (SSSR count). The predicted octanol–water partition coefficient (Wildman–Crippen LogP) is 15.6. The van der Waals surface area contributed by atoms with E-state index in [1.807, 2.05) is 0 Å². The van der Waals surface area contributed by atoms with Crippen LogP contribution in [0.4, 0.5) is 0 Å². The van der Waals surface area contributed by atoms with Crippen molar-refractivity contribution in [3.63, 3.8) is 0 Å². The van der Waals surface area contributed by atoms with E-state index in [4.69, 9.17) is 0 Å². The molecule has 4 unspecified atom stereocenters. The minimum atomic E-state index is 0.237. The maximum atomic E-state index is 2.74. The summed E-state index contributed by atoms with van der Waals surface area (Å²) in [5.41, 5.74) is 21.7. The Morgan fingerprint density at radius 2 is 0.849 bits per heavy atom. The van der Waals surface area contributed by atoms with Gasteiger partial charge in [-0.3, -0.25) is 0 Å². The highest BCUT2D eigenvalue weighted by atomic mass is 14.8. The van der Waals surface area contributed by atoms with Gasteiger partial charge in [-0.1, -0.05) is 138 Å². The van der Waals surface area contributed by atoms with Crippen LogP contribution < -0.4 is 0 Å². The van der Waals surface area contributed by atoms with Crippen molar-refractivity contribution < 1.29 is 0 Å². The largest absolute Gasteiger partial charge is 0.0654 e. The van der Waals surface area contributed by atoms with Crippen molar-refractivity contribution in [1.82, 2.24) is 0 Å². The molecule has 4 aromatic carbocycles. The first-order chi connectivity index (χ1) is 25.6. The van der Waals surface area contributed by atoms with Gasteiger partial charge in [0.05, 0.1) is 0 Å². The van der Waals surface area contributed by atoms with E-state index in [0.29, 0.717) is 5.41 Å². The van der Waals surface area contributed by atoms with Gasteiger partial charge in [-0.2, -0.15) is 0 Å². The second-order valence-electron chi connectivity index (χ2n) is 19.0. The highest BCUT2D eigenvalue weighted by Crippen LogP contribution is 2.84. The fourth-order valence-corrected chi connectivity index (χ4v) is 13.8. The SMILES string of the molecule is CCCCCCCC1CC23CC14CC2(CC4CCCCCCC)c1cc(-c2c(C)cc(C)cc2C)ccc1-c1ccc(-c2c(C)cc(C)cc2C)cc13. The van der Waals surface area contributed by atoms with E-state index in [1.54, 1.807) is 22.3 Å². The van der Waals surface area contributed by atoms with E-state index in [2.05, 4.69) is 116 Å². The fraction of sp³-hybridized carbons (Fsp3) is 0.547. The predicted molar refractivity (Wildman–Crippen MR) is 229 cm³/mol. The van der Waals surface area contributed by atoms with Crippen molar-refractivity contribution >= 4 is 0 Å². The molecule has 3 spiro atoms. The smallest absolute Gasteiger partial charge is 0.00650 e. The minimum Gasteiger partial charge on any atom is -0.0654 e. The van der Waals surface area contributed by atoms with Crippen molar-refractivity contribution in [2.45, 2.75) is 169 Å². The highest BCUT2D eigenvalue weighted by Gasteiger charge is 2.78. The summed E-state index contributed by atoms with van der Waals surface area (Å²) in [6.45, 7) is 18.6. The van der Waals surface area contributed by atoms with Crippen LogP contribution in [0.2, 0.25) is 0 Å². The van der Waals surface area contributed by atoms with E-state index >= 15 is 0 Å². The quantitative estimate of drug-likeness (QED) is 0.115. The number of aryl methyl sites for hydroxylation is 6. The lowest BCUT2D eigenvalue weighted by Gasteiger charge is -2.53. The van der Waals surface area contributed by atoms with Crippen LogP contribution in [-0.2, 0) is 10.8 Å². The first kappa shape index (κ1) is 36.8. The van der Waals surface area contributed by atoms with Crippen LogP contribution in [-0.4, -0.2) is 0 Å². The fourth-order valence-electron chi connectivity index (χ4n) is 13.8. The zero-order chi connectivity index (χ0) is 37.1. The van der Waals surface area contributed by atoms with Crippen LogP contribution in [0, 0.1) is 58.8 Å². The highest BCUT2D eigenvalue weighted by molar-refractivity contribution is 5.86. The van der Waals surface area contributed by atoms with Crippen LogP contribution in [0.3, 0.4) is 0 Å². The van der Waals surface area contributed by atoms with Crippen molar-refractivity contribution in [2.75, 3.05) is 0 Å². The summed E-state index contributed by atoms with van der Waals surface area (Å²) in [4.78, 5) is 0. The standard InChI is InChI=1S/C53H68/c1-9-11-13-15-17-19-43-31-52-33-51(43)34-53(52,32-44(51)20-18-16-14-12-10-2)48-30-42(50-39(7)27-36(4)28-40(50)8)22-24-46(48)45-23-21-41(29-47(45)52)49-37(5)25-35(3)26-38(49)6/h21-30,43-44H,9-20,31-34H2,1-8H3. The Hall–Kier alpha value is -3.12. The Labute approximate surface area is 323 Å². The molecule has 3 fully saturated rings. The summed E-state index contributed by atoms with van der Waals surface area (Å²) in [6.07, 6.45) is 22.6. The van der Waals surface area contributed by atoms with E-state index in [0.717, 1.165) is 11.8 Å². The summed E-state index contributed by atoms with van der Waals surface area (Å²) in [7, 11) is 0. The van der Waals surface area contributed by atoms with E-state index in [1.165, 1.54) is 158 Å². The third kappa shape index (κ3) is 5.82. The second-order valence-corrected chi connectivity index (χ2v) is 19.0. The number of hydrogen-bond donors (Lipinski definition) is 0. The first-order valence-corrected chi connectivity index (χ1v) is 22.0. The molecule has 0 amide bonds. The molecule has 53 heavy (non-hydrogen) atoms. The Morgan fingerprint density at radius 1 is 0.472 bits per heavy atom. The molecule has 0 aliphatic heterocycles. The van der Waals surface area contributed by atoms with Gasteiger partial charge >= 0.3 is 0 Å². The molecular formula is C53H68. The van der Waals surface area contributed by atoms with Gasteiger partial charge < -0.3 is 0 Å². The maximum Gasteiger partial charge on any atom is 0.00650 e. The van der Waals surface area contributed by atoms with Crippen LogP contribution in [0.15, 0.2) is 60.7 Å². The number of fused-ring (bicyclic) bond motifs is 3. The maximum absolute atomic E-state index is 2.74. The molecule has 0 saturated heterocycles. The topological polar surface area (TPSA) is 0 Å². The third-order valence-electron chi connectivity index (χ3n) is 15.6. The van der Waals surface area contributed by atoms with Gasteiger partial charge in [0.25, 0.3) is 0 Å². The molecular weight excluding hydrogens is 637 g/mol. The Balaban J connectivity index is 1.30. The van der Waals surface area contributed by atoms with Crippen molar-refractivity contribution in [3.05, 3.63) is 105 Å². The Kier molecular flexibility index (Phi) is 9.86. The summed E-state index contributed by atoms with van der Waals surface area (Å²) in [6, 6.07) is 25.2. The molecule has 0 heterocycles. The van der Waals surface area contributed by atoms with Crippen molar-refractivity contribution in [1.29, 1.82) is 0 Å². The number of unbranched alkanes of at least 4 members (excludes halogenated alkanes) is 8. The average molecular weight is 705 g/mol. The van der Waals surface area contributed by atoms with Crippen molar-refractivity contribution in [3.8, 4) is 33.4 Å². The van der Waals surface area contributed by atoms with Crippen LogP contribution >= 0.6 is 0 Å². The minimum absolute atomic E-state index is 0.237. The molecule has 0 heteroatoms. The molecule has 0 radical (unpaired) electrons. The molecule has 4 aromatic rings. The van der Waals surface area contributed by atoms with Crippen LogP contribution in [0.25, 0.3) is 33.4 Å². The number of benzene rings is 4. The van der Waals surface area contributed by atoms with Crippen LogP contribution in [0.5, 0.6) is 0 Å². The summed E-state index contributed by atoms with van der Waals surface area (Å²) >= 11 is 0. The first-order valence-electron chi connectivity index (χ1n) is 22.0. The molecule has 0 nitrogen and oxygen atoms in total. The normalized spacial score (nSPS) is 26.2. The lowest BCUT2D eigenvalue weighted by molar-refractivity contribution is 0.115. The third-order valence-corrected chi connectivity index (χ3v) is 15.6. The zero-order valence-electron chi connectivity index (χ0n) is 34.7. The molecule has 0 aromatic heterocycles. The summed E-state index contributed by atoms with van der Waals surface area (Å²) in [5, 5.41) is 0. The van der Waals surface area contributed by atoms with Gasteiger partial charge in [0.2, 0.25) is 0 Å². The van der Waals surface area contributed by atoms with E-state index in [9.17, 15) is 0 Å². The molecule has 3 bridgehead atoms. The monoisotopic (exact) mass is 705 g/mol. The molecule has 4 aliphatic carbocycles. The molecule has 280 valence electrons. The second kappa shape index (κ2) is 14.2. The van der Waals surface area contributed by atoms with Gasteiger partial charge in [-0.15, -0.1) is 0 Å². The number of rotatable bonds is 14. The van der Waals surface area contributed by atoms with E-state index < -0.39 is 0 Å². The number of hydrogen-bond acceptors (Lipinski definition) is 0. The lowest BCUT2D eigenvalue weighted by Crippen LogP contribution is -2.48.